The molecule has 0 aliphatic carbocycles. The zero-order valence-corrected chi connectivity index (χ0v) is 11.1. The number of hydrogen-bond acceptors (Lipinski definition) is 4. The molecule has 0 atom stereocenters. The standard InChI is InChI=1S/C13H15N3O5/c17-10-7-8(12(19)20)1-2-9(10)15-13(21)16-5-3-11(18)14-4-6-16/h1-2,7,17H,3-6H2,(H,14,18)(H,15,21)(H,19,20). The van der Waals surface area contributed by atoms with Crippen LogP contribution in [-0.4, -0.2) is 52.7 Å². The van der Waals surface area contributed by atoms with Crippen LogP contribution < -0.4 is 10.6 Å². The zero-order valence-electron chi connectivity index (χ0n) is 11.1. The fraction of sp³-hybridized carbons (Fsp3) is 0.308. The highest BCUT2D eigenvalue weighted by atomic mass is 16.4. The van der Waals surface area contributed by atoms with Crippen LogP contribution in [0.2, 0.25) is 0 Å². The number of carboxylic acids is 1. The minimum atomic E-state index is -1.17. The van der Waals surface area contributed by atoms with Crippen LogP contribution >= 0.6 is 0 Å². The lowest BCUT2D eigenvalue weighted by molar-refractivity contribution is -0.120. The number of carbonyl (C=O) groups excluding carboxylic acids is 2. The SMILES string of the molecule is O=C1CCN(C(=O)Nc2ccc(C(=O)O)cc2O)CCN1. The van der Waals surface area contributed by atoms with Gasteiger partial charge in [-0.2, -0.15) is 0 Å². The molecule has 0 bridgehead atoms. The van der Waals surface area contributed by atoms with E-state index in [-0.39, 0.29) is 35.9 Å². The second-order valence-corrected chi connectivity index (χ2v) is 4.55. The molecule has 112 valence electrons. The van der Waals surface area contributed by atoms with Crippen molar-refractivity contribution in [2.75, 3.05) is 25.0 Å². The first-order chi connectivity index (χ1) is 9.97. The van der Waals surface area contributed by atoms with Gasteiger partial charge in [0.25, 0.3) is 0 Å². The number of hydrogen-bond donors (Lipinski definition) is 4. The Labute approximate surface area is 120 Å². The van der Waals surface area contributed by atoms with E-state index in [2.05, 4.69) is 10.6 Å². The second kappa shape index (κ2) is 6.12. The van der Waals surface area contributed by atoms with E-state index in [9.17, 15) is 19.5 Å². The summed E-state index contributed by atoms with van der Waals surface area (Å²) >= 11 is 0. The summed E-state index contributed by atoms with van der Waals surface area (Å²) in [5, 5.41) is 23.7. The molecule has 1 aromatic carbocycles. The lowest BCUT2D eigenvalue weighted by atomic mass is 10.2. The van der Waals surface area contributed by atoms with E-state index in [0.717, 1.165) is 6.07 Å². The molecule has 1 aromatic rings. The molecule has 1 aliphatic heterocycles. The maximum absolute atomic E-state index is 12.0. The van der Waals surface area contributed by atoms with Gasteiger partial charge in [-0.15, -0.1) is 0 Å². The highest BCUT2D eigenvalue weighted by Crippen LogP contribution is 2.24. The third-order valence-corrected chi connectivity index (χ3v) is 3.09. The molecule has 0 saturated carbocycles. The first kappa shape index (κ1) is 14.6. The molecule has 3 amide bonds. The fourth-order valence-electron chi connectivity index (χ4n) is 1.93. The Kier molecular flexibility index (Phi) is 4.27. The predicted molar refractivity (Wildman–Crippen MR) is 73.3 cm³/mol. The minimum absolute atomic E-state index is 0.0740. The molecule has 2 rings (SSSR count). The van der Waals surface area contributed by atoms with E-state index < -0.39 is 12.0 Å². The number of amides is 3. The topological polar surface area (TPSA) is 119 Å². The molecule has 8 heteroatoms. The number of benzene rings is 1. The molecular formula is C13H15N3O5. The normalized spacial score (nSPS) is 15.0. The van der Waals surface area contributed by atoms with Gasteiger partial charge in [-0.05, 0) is 18.2 Å². The summed E-state index contributed by atoms with van der Waals surface area (Å²) in [7, 11) is 0. The molecule has 0 unspecified atom stereocenters. The van der Waals surface area contributed by atoms with Gasteiger partial charge in [-0.3, -0.25) is 4.79 Å². The van der Waals surface area contributed by atoms with E-state index >= 15 is 0 Å². The molecule has 8 nitrogen and oxygen atoms in total. The van der Waals surface area contributed by atoms with Crippen molar-refractivity contribution in [1.29, 1.82) is 0 Å². The molecule has 0 aromatic heterocycles. The lowest BCUT2D eigenvalue weighted by Gasteiger charge is -2.20. The number of nitrogens with one attached hydrogen (secondary N) is 2. The summed E-state index contributed by atoms with van der Waals surface area (Å²) in [6.45, 7) is 1.02. The van der Waals surface area contributed by atoms with Gasteiger partial charge in [0.2, 0.25) is 5.91 Å². The summed E-state index contributed by atoms with van der Waals surface area (Å²) in [4.78, 5) is 35.5. The number of anilines is 1. The zero-order chi connectivity index (χ0) is 15.4. The first-order valence-electron chi connectivity index (χ1n) is 6.36. The third-order valence-electron chi connectivity index (χ3n) is 3.09. The summed E-state index contributed by atoms with van der Waals surface area (Å²) in [6.07, 6.45) is 0.220. The molecular weight excluding hydrogens is 278 g/mol. The van der Waals surface area contributed by atoms with Crippen molar-refractivity contribution in [3.8, 4) is 5.75 Å². The Morgan fingerprint density at radius 2 is 2.05 bits per heavy atom. The predicted octanol–water partition coefficient (Wildman–Crippen LogP) is 0.444. The average Bonchev–Trinajstić information content (AvgIpc) is 2.65. The average molecular weight is 293 g/mol. The van der Waals surface area contributed by atoms with Crippen LogP contribution in [0.25, 0.3) is 0 Å². The van der Waals surface area contributed by atoms with Crippen molar-refractivity contribution in [3.63, 3.8) is 0 Å². The quantitative estimate of drug-likeness (QED) is 0.590. The Hall–Kier alpha value is -2.77. The van der Waals surface area contributed by atoms with Gasteiger partial charge in [-0.25, -0.2) is 9.59 Å². The Balaban J connectivity index is 2.05. The maximum atomic E-state index is 12.0. The van der Waals surface area contributed by atoms with Gasteiger partial charge < -0.3 is 25.7 Å². The number of aromatic carboxylic acids is 1. The smallest absolute Gasteiger partial charge is 0.335 e. The second-order valence-electron chi connectivity index (χ2n) is 4.55. The van der Waals surface area contributed by atoms with Crippen LogP contribution in [0.5, 0.6) is 5.75 Å². The highest BCUT2D eigenvalue weighted by molar-refractivity contribution is 5.94. The van der Waals surface area contributed by atoms with Gasteiger partial charge in [0.1, 0.15) is 5.75 Å². The number of nitrogens with zero attached hydrogens (tertiary/aromatic N) is 1. The van der Waals surface area contributed by atoms with Crippen molar-refractivity contribution in [3.05, 3.63) is 23.8 Å². The molecule has 4 N–H and O–H groups in total. The van der Waals surface area contributed by atoms with Gasteiger partial charge in [-0.1, -0.05) is 0 Å². The molecule has 1 saturated heterocycles. The van der Waals surface area contributed by atoms with E-state index in [1.54, 1.807) is 0 Å². The van der Waals surface area contributed by atoms with Crippen molar-refractivity contribution < 1.29 is 24.6 Å². The summed E-state index contributed by atoms with van der Waals surface area (Å²) in [5.41, 5.74) is 0.0450. The van der Waals surface area contributed by atoms with Crippen LogP contribution in [0.15, 0.2) is 18.2 Å². The van der Waals surface area contributed by atoms with Crippen LogP contribution in [0.4, 0.5) is 10.5 Å². The minimum Gasteiger partial charge on any atom is -0.506 e. The fourth-order valence-corrected chi connectivity index (χ4v) is 1.93. The Bertz CT molecular complexity index is 587. The number of carboxylic acid groups (broad SMARTS) is 1. The molecule has 1 aliphatic rings. The van der Waals surface area contributed by atoms with E-state index in [4.69, 9.17) is 5.11 Å². The third kappa shape index (κ3) is 3.62. The van der Waals surface area contributed by atoms with E-state index in [1.807, 2.05) is 0 Å². The van der Waals surface area contributed by atoms with Crippen molar-refractivity contribution in [2.24, 2.45) is 0 Å². The number of carbonyl (C=O) groups is 3. The van der Waals surface area contributed by atoms with Crippen LogP contribution in [0.3, 0.4) is 0 Å². The number of phenolic OH excluding ortho intramolecular Hbond substituents is 1. The van der Waals surface area contributed by atoms with Gasteiger partial charge in [0.15, 0.2) is 0 Å². The Morgan fingerprint density at radius 3 is 2.71 bits per heavy atom. The number of rotatable bonds is 2. The largest absolute Gasteiger partial charge is 0.506 e. The van der Waals surface area contributed by atoms with Gasteiger partial charge in [0, 0.05) is 26.1 Å². The monoisotopic (exact) mass is 293 g/mol. The van der Waals surface area contributed by atoms with Crippen molar-refractivity contribution in [1.82, 2.24) is 10.2 Å². The Morgan fingerprint density at radius 1 is 1.29 bits per heavy atom. The van der Waals surface area contributed by atoms with Crippen LogP contribution in [0, 0.1) is 0 Å². The van der Waals surface area contributed by atoms with E-state index in [0.29, 0.717) is 13.1 Å². The highest BCUT2D eigenvalue weighted by Gasteiger charge is 2.19. The van der Waals surface area contributed by atoms with E-state index in [1.165, 1.54) is 17.0 Å². The van der Waals surface area contributed by atoms with Gasteiger partial charge in [0.05, 0.1) is 11.3 Å². The summed E-state index contributed by atoms with van der Waals surface area (Å²) in [6, 6.07) is 3.21. The molecule has 0 radical (unpaired) electrons. The molecule has 21 heavy (non-hydrogen) atoms. The lowest BCUT2D eigenvalue weighted by Crippen LogP contribution is -2.37. The molecule has 1 heterocycles. The number of urea groups is 1. The maximum Gasteiger partial charge on any atom is 0.335 e. The summed E-state index contributed by atoms with van der Waals surface area (Å²) < 4.78 is 0. The van der Waals surface area contributed by atoms with Gasteiger partial charge >= 0.3 is 12.0 Å². The van der Waals surface area contributed by atoms with Crippen LogP contribution in [0.1, 0.15) is 16.8 Å². The number of aromatic hydroxyl groups is 1. The number of phenols is 1. The summed E-state index contributed by atoms with van der Waals surface area (Å²) in [5.74, 6) is -1.61. The van der Waals surface area contributed by atoms with Crippen molar-refractivity contribution in [2.45, 2.75) is 6.42 Å². The van der Waals surface area contributed by atoms with Crippen LogP contribution in [-0.2, 0) is 4.79 Å². The first-order valence-corrected chi connectivity index (χ1v) is 6.36. The molecule has 1 fully saturated rings. The van der Waals surface area contributed by atoms with Crippen molar-refractivity contribution >= 4 is 23.6 Å². The molecule has 0 spiro atoms.